The number of aromatic nitrogens is 1. The Balaban J connectivity index is 2.28. The van der Waals surface area contributed by atoms with Gasteiger partial charge < -0.3 is 4.90 Å². The fourth-order valence-corrected chi connectivity index (χ4v) is 1.68. The molecule has 0 atom stereocenters. The monoisotopic (exact) mass is 209 g/mol. The topological polar surface area (TPSA) is 39.9 Å². The Hall–Kier alpha value is -1.70. The molecule has 0 bridgehead atoms. The van der Waals surface area contributed by atoms with Crippen molar-refractivity contribution < 1.29 is 8.78 Å². The van der Waals surface area contributed by atoms with Gasteiger partial charge in [0.2, 0.25) is 0 Å². The number of hydrogen-bond donors (Lipinski definition) is 0. The average molecular weight is 209 g/mol. The van der Waals surface area contributed by atoms with Gasteiger partial charge in [0.25, 0.3) is 5.92 Å². The third-order valence-electron chi connectivity index (χ3n) is 2.40. The molecule has 0 saturated carbocycles. The zero-order valence-electron chi connectivity index (χ0n) is 7.95. The molecule has 5 heteroatoms. The summed E-state index contributed by atoms with van der Waals surface area (Å²) in [6.07, 6.45) is 1.32. The molecule has 1 aliphatic heterocycles. The highest BCUT2D eigenvalue weighted by Gasteiger charge is 2.38. The predicted molar refractivity (Wildman–Crippen MR) is 50.7 cm³/mol. The van der Waals surface area contributed by atoms with Crippen molar-refractivity contribution in [2.75, 3.05) is 18.0 Å². The number of nitriles is 1. The van der Waals surface area contributed by atoms with Crippen molar-refractivity contribution in [1.29, 1.82) is 5.26 Å². The molecule has 0 radical (unpaired) electrons. The summed E-state index contributed by atoms with van der Waals surface area (Å²) in [7, 11) is 0. The van der Waals surface area contributed by atoms with Gasteiger partial charge in [-0.15, -0.1) is 0 Å². The number of pyridine rings is 1. The van der Waals surface area contributed by atoms with E-state index in [-0.39, 0.29) is 25.2 Å². The zero-order valence-corrected chi connectivity index (χ0v) is 7.95. The summed E-state index contributed by atoms with van der Waals surface area (Å²) in [5.74, 6) is -2.65. The zero-order chi connectivity index (χ0) is 10.9. The maximum atomic E-state index is 13.0. The third-order valence-corrected chi connectivity index (χ3v) is 2.40. The largest absolute Gasteiger partial charge is 0.363 e. The highest BCUT2D eigenvalue weighted by atomic mass is 19.3. The van der Waals surface area contributed by atoms with E-state index in [2.05, 4.69) is 4.98 Å². The van der Waals surface area contributed by atoms with Gasteiger partial charge >= 0.3 is 0 Å². The number of alkyl halides is 2. The van der Waals surface area contributed by atoms with Crippen molar-refractivity contribution in [3.8, 4) is 6.07 Å². The van der Waals surface area contributed by atoms with Crippen LogP contribution in [0, 0.1) is 11.3 Å². The Labute approximate surface area is 86.0 Å². The summed E-state index contributed by atoms with van der Waals surface area (Å²) in [6.45, 7) is -0.0548. The lowest BCUT2D eigenvalue weighted by atomic mass is 10.3. The van der Waals surface area contributed by atoms with Crippen LogP contribution in [-0.4, -0.2) is 24.0 Å². The summed E-state index contributed by atoms with van der Waals surface area (Å²) in [5.41, 5.74) is 0.701. The quantitative estimate of drug-likeness (QED) is 0.708. The van der Waals surface area contributed by atoms with Crippen LogP contribution < -0.4 is 4.90 Å². The van der Waals surface area contributed by atoms with E-state index >= 15 is 0 Å². The highest BCUT2D eigenvalue weighted by molar-refractivity contribution is 5.56. The molecule has 0 aromatic carbocycles. The molecule has 1 saturated heterocycles. The lowest BCUT2D eigenvalue weighted by molar-refractivity contribution is 0.0257. The molecule has 1 fully saturated rings. The summed E-state index contributed by atoms with van der Waals surface area (Å²) in [6, 6.07) is 5.19. The molecule has 15 heavy (non-hydrogen) atoms. The van der Waals surface area contributed by atoms with Crippen molar-refractivity contribution >= 4 is 5.69 Å². The summed E-state index contributed by atoms with van der Waals surface area (Å²) < 4.78 is 25.9. The van der Waals surface area contributed by atoms with Crippen LogP contribution in [-0.2, 0) is 0 Å². The Bertz CT molecular complexity index is 411. The van der Waals surface area contributed by atoms with E-state index in [1.54, 1.807) is 12.1 Å². The van der Waals surface area contributed by atoms with E-state index in [9.17, 15) is 8.78 Å². The smallest absolute Gasteiger partial charge is 0.266 e. The highest BCUT2D eigenvalue weighted by Crippen LogP contribution is 2.31. The lowest BCUT2D eigenvalue weighted by Gasteiger charge is -2.18. The number of rotatable bonds is 1. The van der Waals surface area contributed by atoms with E-state index in [0.29, 0.717) is 5.69 Å². The maximum absolute atomic E-state index is 13.0. The minimum Gasteiger partial charge on any atom is -0.363 e. The van der Waals surface area contributed by atoms with Crippen LogP contribution in [0.4, 0.5) is 14.5 Å². The minimum atomic E-state index is -2.65. The number of halogens is 2. The van der Waals surface area contributed by atoms with Crippen LogP contribution in [0.3, 0.4) is 0 Å². The van der Waals surface area contributed by atoms with Crippen LogP contribution in [0.2, 0.25) is 0 Å². The molecule has 1 aromatic heterocycles. The molecule has 2 heterocycles. The average Bonchev–Trinajstić information content (AvgIpc) is 2.59. The molecule has 1 aliphatic rings. The molecule has 78 valence electrons. The molecule has 1 aromatic rings. The van der Waals surface area contributed by atoms with Crippen molar-refractivity contribution in [3.05, 3.63) is 24.0 Å². The minimum absolute atomic E-state index is 0.160. The predicted octanol–water partition coefficient (Wildman–Crippen LogP) is 1.80. The summed E-state index contributed by atoms with van der Waals surface area (Å²) in [4.78, 5) is 5.35. The first-order valence-electron chi connectivity index (χ1n) is 4.60. The SMILES string of the molecule is N#Cc1ncccc1N1CCC(F)(F)C1. The van der Waals surface area contributed by atoms with E-state index in [1.807, 2.05) is 6.07 Å². The van der Waals surface area contributed by atoms with Gasteiger partial charge in [-0.05, 0) is 12.1 Å². The molecular weight excluding hydrogens is 200 g/mol. The van der Waals surface area contributed by atoms with Crippen LogP contribution in [0.25, 0.3) is 0 Å². The summed E-state index contributed by atoms with van der Waals surface area (Å²) >= 11 is 0. The van der Waals surface area contributed by atoms with Crippen LogP contribution >= 0.6 is 0 Å². The van der Waals surface area contributed by atoms with Crippen LogP contribution in [0.15, 0.2) is 18.3 Å². The molecule has 0 amide bonds. The van der Waals surface area contributed by atoms with Gasteiger partial charge in [0.15, 0.2) is 5.69 Å². The van der Waals surface area contributed by atoms with E-state index in [1.165, 1.54) is 11.1 Å². The molecule has 0 spiro atoms. The Kier molecular flexibility index (Phi) is 2.27. The van der Waals surface area contributed by atoms with Crippen LogP contribution in [0.5, 0.6) is 0 Å². The van der Waals surface area contributed by atoms with Crippen molar-refractivity contribution in [3.63, 3.8) is 0 Å². The van der Waals surface area contributed by atoms with Crippen molar-refractivity contribution in [1.82, 2.24) is 4.98 Å². The third kappa shape index (κ3) is 1.89. The summed E-state index contributed by atoms with van der Waals surface area (Å²) in [5, 5.41) is 8.78. The molecule has 3 nitrogen and oxygen atoms in total. The molecule has 0 N–H and O–H groups in total. The Morgan fingerprint density at radius 2 is 2.33 bits per heavy atom. The van der Waals surface area contributed by atoms with Gasteiger partial charge in [0, 0.05) is 19.2 Å². The Morgan fingerprint density at radius 3 is 2.93 bits per heavy atom. The normalized spacial score (nSPS) is 18.9. The second-order valence-corrected chi connectivity index (χ2v) is 3.51. The van der Waals surface area contributed by atoms with E-state index in [4.69, 9.17) is 5.26 Å². The maximum Gasteiger partial charge on any atom is 0.266 e. The van der Waals surface area contributed by atoms with Gasteiger partial charge in [0.1, 0.15) is 6.07 Å². The Morgan fingerprint density at radius 1 is 1.53 bits per heavy atom. The second kappa shape index (κ2) is 3.46. The fraction of sp³-hybridized carbons (Fsp3) is 0.400. The first-order chi connectivity index (χ1) is 7.12. The molecule has 2 rings (SSSR count). The van der Waals surface area contributed by atoms with Gasteiger partial charge in [-0.25, -0.2) is 13.8 Å². The number of nitrogens with zero attached hydrogens (tertiary/aromatic N) is 3. The fourth-order valence-electron chi connectivity index (χ4n) is 1.68. The number of anilines is 1. The van der Waals surface area contributed by atoms with Crippen molar-refractivity contribution in [2.24, 2.45) is 0 Å². The lowest BCUT2D eigenvalue weighted by Crippen LogP contribution is -2.25. The van der Waals surface area contributed by atoms with E-state index < -0.39 is 5.92 Å². The standard InChI is InChI=1S/C10H9F2N3/c11-10(12)3-5-15(7-10)9-2-1-4-14-8(9)6-13/h1-2,4H,3,5,7H2. The molecule has 0 unspecified atom stereocenters. The van der Waals surface area contributed by atoms with Gasteiger partial charge in [-0.3, -0.25) is 0 Å². The van der Waals surface area contributed by atoms with Gasteiger partial charge in [-0.1, -0.05) is 0 Å². The van der Waals surface area contributed by atoms with E-state index in [0.717, 1.165) is 0 Å². The van der Waals surface area contributed by atoms with Gasteiger partial charge in [-0.2, -0.15) is 5.26 Å². The van der Waals surface area contributed by atoms with Crippen LogP contribution in [0.1, 0.15) is 12.1 Å². The first-order valence-corrected chi connectivity index (χ1v) is 4.60. The van der Waals surface area contributed by atoms with Gasteiger partial charge in [0.05, 0.1) is 12.2 Å². The van der Waals surface area contributed by atoms with Crippen molar-refractivity contribution in [2.45, 2.75) is 12.3 Å². The number of hydrogen-bond acceptors (Lipinski definition) is 3. The second-order valence-electron chi connectivity index (χ2n) is 3.51. The molecule has 0 aliphatic carbocycles. The molecular formula is C10H9F2N3. The first kappa shape index (κ1) is 9.84.